The first-order valence-corrected chi connectivity index (χ1v) is 4.64. The summed E-state index contributed by atoms with van der Waals surface area (Å²) in [6.45, 7) is 4.65. The summed E-state index contributed by atoms with van der Waals surface area (Å²) in [7, 11) is 1.97. The third kappa shape index (κ3) is 2.48. The Kier molecular flexibility index (Phi) is 3.53. The van der Waals surface area contributed by atoms with E-state index < -0.39 is 0 Å². The number of carbonyl (C=O) groups excluding carboxylic acids is 1. The van der Waals surface area contributed by atoms with Crippen molar-refractivity contribution in [2.75, 3.05) is 26.7 Å². The highest BCUT2D eigenvalue weighted by molar-refractivity contribution is 5.73. The van der Waals surface area contributed by atoms with Crippen molar-refractivity contribution >= 4 is 5.91 Å². The van der Waals surface area contributed by atoms with Gasteiger partial charge in [-0.15, -0.1) is 0 Å². The van der Waals surface area contributed by atoms with Gasteiger partial charge in [0.25, 0.3) is 0 Å². The van der Waals surface area contributed by atoms with E-state index in [9.17, 15) is 4.79 Å². The van der Waals surface area contributed by atoms with Crippen molar-refractivity contribution in [2.45, 2.75) is 19.8 Å². The molecule has 0 bridgehead atoms. The van der Waals surface area contributed by atoms with Gasteiger partial charge in [-0.25, -0.2) is 0 Å². The lowest BCUT2D eigenvalue weighted by atomic mass is 10.1. The molecule has 0 aromatic heterocycles. The molecule has 1 aliphatic rings. The first-order valence-electron chi connectivity index (χ1n) is 4.64. The minimum atomic E-state index is 0.224. The van der Waals surface area contributed by atoms with E-state index >= 15 is 0 Å². The summed E-state index contributed by atoms with van der Waals surface area (Å²) in [6, 6.07) is 0. The first kappa shape index (κ1) is 9.52. The molecule has 3 heteroatoms. The van der Waals surface area contributed by atoms with E-state index in [2.05, 4.69) is 5.32 Å². The van der Waals surface area contributed by atoms with E-state index in [4.69, 9.17) is 0 Å². The van der Waals surface area contributed by atoms with E-state index in [0.29, 0.717) is 0 Å². The zero-order valence-corrected chi connectivity index (χ0v) is 7.97. The van der Waals surface area contributed by atoms with Gasteiger partial charge in [-0.2, -0.15) is 0 Å². The lowest BCUT2D eigenvalue weighted by molar-refractivity contribution is -0.127. The number of amides is 1. The zero-order chi connectivity index (χ0) is 8.97. The Morgan fingerprint density at radius 2 is 2.42 bits per heavy atom. The van der Waals surface area contributed by atoms with Crippen molar-refractivity contribution in [1.29, 1.82) is 0 Å². The Hall–Kier alpha value is -0.570. The lowest BCUT2D eigenvalue weighted by Gasteiger charge is -2.13. The van der Waals surface area contributed by atoms with Gasteiger partial charge in [0.2, 0.25) is 5.91 Å². The minimum Gasteiger partial charge on any atom is -0.343 e. The van der Waals surface area contributed by atoms with Crippen molar-refractivity contribution in [3.05, 3.63) is 0 Å². The van der Waals surface area contributed by atoms with Gasteiger partial charge in [0, 0.05) is 20.0 Å². The number of nitrogens with one attached hydrogen (secondary N) is 1. The van der Waals surface area contributed by atoms with Crippen LogP contribution in [-0.4, -0.2) is 37.5 Å². The van der Waals surface area contributed by atoms with Crippen LogP contribution in [0.4, 0.5) is 0 Å². The van der Waals surface area contributed by atoms with Crippen LogP contribution in [0.5, 0.6) is 0 Å². The maximum Gasteiger partial charge on any atom is 0.219 e. The molecule has 70 valence electrons. The molecule has 0 aromatic rings. The van der Waals surface area contributed by atoms with Crippen molar-refractivity contribution in [2.24, 2.45) is 5.92 Å². The molecular formula is C9H18N2O. The molecule has 0 saturated carbocycles. The fraction of sp³-hybridized carbons (Fsp3) is 0.889. The molecule has 0 aromatic carbocycles. The van der Waals surface area contributed by atoms with Gasteiger partial charge in [-0.3, -0.25) is 4.79 Å². The van der Waals surface area contributed by atoms with Gasteiger partial charge in [-0.05, 0) is 32.4 Å². The summed E-state index contributed by atoms with van der Waals surface area (Å²) in [4.78, 5) is 12.9. The number of likely N-dealkylation sites (tertiary alicyclic amines) is 1. The second kappa shape index (κ2) is 4.45. The van der Waals surface area contributed by atoms with Crippen LogP contribution in [0.2, 0.25) is 0 Å². The van der Waals surface area contributed by atoms with Crippen LogP contribution in [0.15, 0.2) is 0 Å². The molecule has 1 aliphatic heterocycles. The smallest absolute Gasteiger partial charge is 0.219 e. The van der Waals surface area contributed by atoms with Crippen molar-refractivity contribution in [3.8, 4) is 0 Å². The van der Waals surface area contributed by atoms with Gasteiger partial charge in [-0.1, -0.05) is 0 Å². The predicted molar refractivity (Wildman–Crippen MR) is 48.9 cm³/mol. The Morgan fingerprint density at radius 1 is 1.67 bits per heavy atom. The average molecular weight is 170 g/mol. The number of rotatable bonds is 3. The minimum absolute atomic E-state index is 0.224. The van der Waals surface area contributed by atoms with Crippen LogP contribution in [0.1, 0.15) is 19.8 Å². The summed E-state index contributed by atoms with van der Waals surface area (Å²) in [5.41, 5.74) is 0. The molecule has 3 nitrogen and oxygen atoms in total. The third-order valence-electron chi connectivity index (χ3n) is 2.53. The van der Waals surface area contributed by atoms with E-state index in [0.717, 1.165) is 25.6 Å². The van der Waals surface area contributed by atoms with Gasteiger partial charge in [0.1, 0.15) is 0 Å². The predicted octanol–water partition coefficient (Wildman–Crippen LogP) is 0.464. The molecule has 1 heterocycles. The highest BCUT2D eigenvalue weighted by Gasteiger charge is 2.23. The summed E-state index contributed by atoms with van der Waals surface area (Å²) in [5.74, 6) is 0.948. The first-order chi connectivity index (χ1) is 5.74. The van der Waals surface area contributed by atoms with Crippen molar-refractivity contribution in [1.82, 2.24) is 10.2 Å². The van der Waals surface area contributed by atoms with E-state index in [1.165, 1.54) is 12.8 Å². The Balaban J connectivity index is 2.21. The SMILES string of the molecule is CNCCC1CCN(C(C)=O)C1. The van der Waals surface area contributed by atoms with Crippen molar-refractivity contribution in [3.63, 3.8) is 0 Å². The molecule has 0 spiro atoms. The van der Waals surface area contributed by atoms with Gasteiger partial charge < -0.3 is 10.2 Å². The summed E-state index contributed by atoms with van der Waals surface area (Å²) < 4.78 is 0. The van der Waals surface area contributed by atoms with Crippen LogP contribution < -0.4 is 5.32 Å². The molecule has 0 aliphatic carbocycles. The normalized spacial score (nSPS) is 23.2. The van der Waals surface area contributed by atoms with Crippen LogP contribution >= 0.6 is 0 Å². The number of hydrogen-bond acceptors (Lipinski definition) is 2. The van der Waals surface area contributed by atoms with Crippen molar-refractivity contribution < 1.29 is 4.79 Å². The maximum absolute atomic E-state index is 11.0. The molecule has 12 heavy (non-hydrogen) atoms. The Morgan fingerprint density at radius 3 is 2.92 bits per heavy atom. The fourth-order valence-electron chi connectivity index (χ4n) is 1.70. The number of carbonyl (C=O) groups is 1. The Labute approximate surface area is 74.1 Å². The second-order valence-electron chi connectivity index (χ2n) is 3.51. The largest absolute Gasteiger partial charge is 0.343 e. The van der Waals surface area contributed by atoms with Crippen LogP contribution in [-0.2, 0) is 4.79 Å². The standard InChI is InChI=1S/C9H18N2O/c1-8(12)11-6-4-9(7-11)3-5-10-2/h9-10H,3-7H2,1-2H3. The molecule has 1 fully saturated rings. The highest BCUT2D eigenvalue weighted by atomic mass is 16.2. The third-order valence-corrected chi connectivity index (χ3v) is 2.53. The molecule has 1 unspecified atom stereocenters. The quantitative estimate of drug-likeness (QED) is 0.667. The second-order valence-corrected chi connectivity index (χ2v) is 3.51. The van der Waals surface area contributed by atoms with Crippen LogP contribution in [0, 0.1) is 5.92 Å². The molecule has 1 atom stereocenters. The monoisotopic (exact) mass is 170 g/mol. The topological polar surface area (TPSA) is 32.3 Å². The number of hydrogen-bond donors (Lipinski definition) is 1. The van der Waals surface area contributed by atoms with Gasteiger partial charge in [0.15, 0.2) is 0 Å². The number of nitrogens with zero attached hydrogens (tertiary/aromatic N) is 1. The fourth-order valence-corrected chi connectivity index (χ4v) is 1.70. The summed E-state index contributed by atoms with van der Waals surface area (Å²) >= 11 is 0. The van der Waals surface area contributed by atoms with E-state index in [1.54, 1.807) is 6.92 Å². The average Bonchev–Trinajstić information content (AvgIpc) is 2.48. The van der Waals surface area contributed by atoms with E-state index in [-0.39, 0.29) is 5.91 Å². The van der Waals surface area contributed by atoms with Gasteiger partial charge >= 0.3 is 0 Å². The highest BCUT2D eigenvalue weighted by Crippen LogP contribution is 2.18. The van der Waals surface area contributed by atoms with Crippen LogP contribution in [0.3, 0.4) is 0 Å². The molecule has 1 N–H and O–H groups in total. The summed E-state index contributed by atoms with van der Waals surface area (Å²) in [6.07, 6.45) is 2.38. The van der Waals surface area contributed by atoms with E-state index in [1.807, 2.05) is 11.9 Å². The maximum atomic E-state index is 11.0. The zero-order valence-electron chi connectivity index (χ0n) is 7.97. The molecule has 1 amide bonds. The molecule has 0 radical (unpaired) electrons. The lowest BCUT2D eigenvalue weighted by Crippen LogP contribution is -2.26. The van der Waals surface area contributed by atoms with Crippen LogP contribution in [0.25, 0.3) is 0 Å². The van der Waals surface area contributed by atoms with Gasteiger partial charge in [0.05, 0.1) is 0 Å². The molecular weight excluding hydrogens is 152 g/mol. The molecule has 1 rings (SSSR count). The Bertz CT molecular complexity index is 159. The molecule has 1 saturated heterocycles. The summed E-state index contributed by atoms with van der Waals surface area (Å²) in [5, 5.41) is 3.14.